The zero-order valence-corrected chi connectivity index (χ0v) is 19.7. The highest BCUT2D eigenvalue weighted by molar-refractivity contribution is 6.20. The van der Waals surface area contributed by atoms with Gasteiger partial charge in [0.25, 0.3) is 0 Å². The normalized spacial score (nSPS) is 16.8. The van der Waals surface area contributed by atoms with Gasteiger partial charge in [0.1, 0.15) is 0 Å². The van der Waals surface area contributed by atoms with E-state index < -0.39 is 6.10 Å². The molecule has 1 atom stereocenters. The number of carbonyl (C=O) groups excluding carboxylic acids is 2. The number of allylic oxidation sites excluding steroid dienone is 10. The van der Waals surface area contributed by atoms with E-state index in [2.05, 4.69) is 13.0 Å². The lowest BCUT2D eigenvalue weighted by Gasteiger charge is -2.11. The molecule has 0 saturated carbocycles. The van der Waals surface area contributed by atoms with Gasteiger partial charge < -0.3 is 10.2 Å². The first kappa shape index (κ1) is 26.7. The van der Waals surface area contributed by atoms with E-state index in [9.17, 15) is 19.8 Å². The Morgan fingerprint density at radius 2 is 1.55 bits per heavy atom. The van der Waals surface area contributed by atoms with E-state index >= 15 is 0 Å². The fourth-order valence-corrected chi connectivity index (χ4v) is 3.29. The third-order valence-corrected chi connectivity index (χ3v) is 5.33. The second-order valence-corrected chi connectivity index (χ2v) is 8.58. The minimum Gasteiger partial charge on any atom is -0.392 e. The van der Waals surface area contributed by atoms with Crippen molar-refractivity contribution < 1.29 is 19.8 Å². The van der Waals surface area contributed by atoms with Crippen molar-refractivity contribution in [3.63, 3.8) is 0 Å². The molecule has 31 heavy (non-hydrogen) atoms. The summed E-state index contributed by atoms with van der Waals surface area (Å²) in [5.74, 6) is -0.153. The molecule has 1 rings (SSSR count). The summed E-state index contributed by atoms with van der Waals surface area (Å²) < 4.78 is 0. The van der Waals surface area contributed by atoms with Crippen LogP contribution < -0.4 is 0 Å². The summed E-state index contributed by atoms with van der Waals surface area (Å²) >= 11 is 0. The molecule has 0 heterocycles. The van der Waals surface area contributed by atoms with E-state index in [1.165, 1.54) is 23.3 Å². The molecule has 0 amide bonds. The molecule has 2 N–H and O–H groups in total. The summed E-state index contributed by atoms with van der Waals surface area (Å²) in [6.45, 7) is 9.69. The SMILES string of the molecule is CC(C)=CC[C@@H](O)/C(=C/CC/C(C)=C/CC/C(C)=C/CC1=CC(=O)C=C(C)C1=O)CO. The van der Waals surface area contributed by atoms with Gasteiger partial charge in [-0.1, -0.05) is 41.0 Å². The summed E-state index contributed by atoms with van der Waals surface area (Å²) in [5.41, 5.74) is 5.38. The van der Waals surface area contributed by atoms with Crippen LogP contribution in [0.1, 0.15) is 73.1 Å². The first-order valence-electron chi connectivity index (χ1n) is 11.0. The number of hydrogen-bond acceptors (Lipinski definition) is 4. The lowest BCUT2D eigenvalue weighted by Crippen LogP contribution is -2.12. The molecule has 1 aliphatic rings. The molecule has 0 fully saturated rings. The fraction of sp³-hybridized carbons (Fsp3) is 0.481. The maximum absolute atomic E-state index is 12.1. The number of ketones is 2. The Bertz CT molecular complexity index is 827. The largest absolute Gasteiger partial charge is 0.392 e. The van der Waals surface area contributed by atoms with Gasteiger partial charge in [-0.2, -0.15) is 0 Å². The van der Waals surface area contributed by atoms with Crippen molar-refractivity contribution in [1.82, 2.24) is 0 Å². The number of aliphatic hydroxyl groups excluding tert-OH is 2. The van der Waals surface area contributed by atoms with Crippen LogP contribution in [-0.4, -0.2) is 34.5 Å². The average molecular weight is 427 g/mol. The predicted octanol–water partition coefficient (Wildman–Crippen LogP) is 5.49. The highest BCUT2D eigenvalue weighted by atomic mass is 16.3. The van der Waals surface area contributed by atoms with Crippen LogP contribution in [0.25, 0.3) is 0 Å². The quantitative estimate of drug-likeness (QED) is 0.320. The minimum absolute atomic E-state index is 0.0411. The standard InChI is InChI=1S/C27H38O4/c1-19(2)12-15-26(30)24(18-28)11-7-10-20(3)8-6-9-21(4)13-14-23-17-25(29)16-22(5)27(23)31/h8,11-13,16-17,26,28,30H,6-7,9-10,14-15,18H2,1-5H3/b20-8+,21-13+,24-11+/t26-/m1/s1. The lowest BCUT2D eigenvalue weighted by atomic mass is 9.94. The Kier molecular flexibility index (Phi) is 12.0. The molecule has 0 unspecified atom stereocenters. The molecule has 0 saturated heterocycles. The second-order valence-electron chi connectivity index (χ2n) is 8.58. The fourth-order valence-electron chi connectivity index (χ4n) is 3.29. The molecule has 1 aliphatic carbocycles. The van der Waals surface area contributed by atoms with Crippen molar-refractivity contribution in [2.24, 2.45) is 0 Å². The van der Waals surface area contributed by atoms with E-state index in [0.717, 1.165) is 31.3 Å². The molecule has 0 bridgehead atoms. The number of hydrogen-bond donors (Lipinski definition) is 2. The van der Waals surface area contributed by atoms with Gasteiger partial charge in [-0.3, -0.25) is 9.59 Å². The van der Waals surface area contributed by atoms with E-state index in [-0.39, 0.29) is 18.2 Å². The Hall–Kier alpha value is -2.30. The third-order valence-electron chi connectivity index (χ3n) is 5.33. The van der Waals surface area contributed by atoms with Gasteiger partial charge in [0, 0.05) is 11.1 Å². The van der Waals surface area contributed by atoms with Crippen LogP contribution >= 0.6 is 0 Å². The molecule has 0 aromatic carbocycles. The molecule has 170 valence electrons. The predicted molar refractivity (Wildman–Crippen MR) is 128 cm³/mol. The molecule has 0 aromatic heterocycles. The Morgan fingerprint density at radius 3 is 2.16 bits per heavy atom. The van der Waals surface area contributed by atoms with Crippen LogP contribution in [0.4, 0.5) is 0 Å². The van der Waals surface area contributed by atoms with Crippen molar-refractivity contribution in [3.8, 4) is 0 Å². The molecule has 0 radical (unpaired) electrons. The number of rotatable bonds is 12. The number of carbonyl (C=O) groups is 2. The zero-order chi connectivity index (χ0) is 23.4. The van der Waals surface area contributed by atoms with E-state index in [1.54, 1.807) is 6.92 Å². The molecule has 0 aliphatic heterocycles. The molecule has 4 heteroatoms. The maximum Gasteiger partial charge on any atom is 0.185 e. The highest BCUT2D eigenvalue weighted by Crippen LogP contribution is 2.18. The second kappa shape index (κ2) is 13.9. The Morgan fingerprint density at radius 1 is 0.935 bits per heavy atom. The Balaban J connectivity index is 2.46. The van der Waals surface area contributed by atoms with Gasteiger partial charge in [-0.05, 0) is 90.9 Å². The monoisotopic (exact) mass is 426 g/mol. The summed E-state index contributed by atoms with van der Waals surface area (Å²) in [4.78, 5) is 23.7. The highest BCUT2D eigenvalue weighted by Gasteiger charge is 2.17. The van der Waals surface area contributed by atoms with Gasteiger partial charge in [0.15, 0.2) is 11.6 Å². The van der Waals surface area contributed by atoms with Gasteiger partial charge in [0.2, 0.25) is 0 Å². The summed E-state index contributed by atoms with van der Waals surface area (Å²) in [5, 5.41) is 19.7. The zero-order valence-electron chi connectivity index (χ0n) is 19.7. The van der Waals surface area contributed by atoms with E-state index in [1.807, 2.05) is 39.0 Å². The van der Waals surface area contributed by atoms with Crippen molar-refractivity contribution in [3.05, 3.63) is 69.9 Å². The van der Waals surface area contributed by atoms with E-state index in [4.69, 9.17) is 0 Å². The van der Waals surface area contributed by atoms with Crippen LogP contribution in [0.15, 0.2) is 69.9 Å². The van der Waals surface area contributed by atoms with Crippen molar-refractivity contribution >= 4 is 11.6 Å². The maximum atomic E-state index is 12.1. The minimum atomic E-state index is -0.627. The smallest absolute Gasteiger partial charge is 0.185 e. The lowest BCUT2D eigenvalue weighted by molar-refractivity contribution is -0.115. The first-order valence-corrected chi connectivity index (χ1v) is 11.0. The average Bonchev–Trinajstić information content (AvgIpc) is 2.70. The van der Waals surface area contributed by atoms with Crippen molar-refractivity contribution in [2.75, 3.05) is 6.61 Å². The van der Waals surface area contributed by atoms with Crippen LogP contribution in [-0.2, 0) is 9.59 Å². The molecule has 0 aromatic rings. The van der Waals surface area contributed by atoms with E-state index in [0.29, 0.717) is 29.6 Å². The summed E-state index contributed by atoms with van der Waals surface area (Å²) in [6.07, 6.45) is 14.9. The molecule has 4 nitrogen and oxygen atoms in total. The van der Waals surface area contributed by atoms with Gasteiger partial charge in [0.05, 0.1) is 12.7 Å². The molecular weight excluding hydrogens is 388 g/mol. The first-order chi connectivity index (χ1) is 14.6. The van der Waals surface area contributed by atoms with Gasteiger partial charge in [-0.25, -0.2) is 0 Å². The number of aliphatic hydroxyl groups is 2. The van der Waals surface area contributed by atoms with Gasteiger partial charge >= 0.3 is 0 Å². The summed E-state index contributed by atoms with van der Waals surface area (Å²) in [7, 11) is 0. The van der Waals surface area contributed by atoms with Crippen LogP contribution in [0.3, 0.4) is 0 Å². The Labute approximate surface area is 187 Å². The third kappa shape index (κ3) is 10.5. The van der Waals surface area contributed by atoms with Crippen LogP contribution in [0.5, 0.6) is 0 Å². The summed E-state index contributed by atoms with van der Waals surface area (Å²) in [6, 6.07) is 0. The topological polar surface area (TPSA) is 74.6 Å². The van der Waals surface area contributed by atoms with Gasteiger partial charge in [-0.15, -0.1) is 0 Å². The van der Waals surface area contributed by atoms with Crippen LogP contribution in [0, 0.1) is 0 Å². The van der Waals surface area contributed by atoms with Crippen LogP contribution in [0.2, 0.25) is 0 Å². The van der Waals surface area contributed by atoms with Crippen molar-refractivity contribution in [1.29, 1.82) is 0 Å². The molecular formula is C27H38O4. The molecule has 0 spiro atoms. The number of Topliss-reactive ketones (excluding diaryl/α,β-unsaturated/α-hetero) is 1. The van der Waals surface area contributed by atoms with Crippen molar-refractivity contribution in [2.45, 2.75) is 79.2 Å².